The predicted octanol–water partition coefficient (Wildman–Crippen LogP) is 2.76. The minimum Gasteiger partial charge on any atom is -0.370 e. The first kappa shape index (κ1) is 16.2. The molecule has 0 aromatic carbocycles. The van der Waals surface area contributed by atoms with Crippen LogP contribution in [-0.2, 0) is 10.0 Å². The molecule has 1 atom stereocenters. The molecule has 5 nitrogen and oxygen atoms in total. The third-order valence-corrected chi connectivity index (χ3v) is 5.65. The molecule has 0 amide bonds. The number of nitrogens with zero attached hydrogens (tertiary/aromatic N) is 1. The van der Waals surface area contributed by atoms with Crippen molar-refractivity contribution in [2.75, 3.05) is 11.9 Å². The van der Waals surface area contributed by atoms with Crippen molar-refractivity contribution in [1.29, 1.82) is 0 Å². The zero-order chi connectivity index (χ0) is 15.3. The van der Waals surface area contributed by atoms with Crippen LogP contribution in [0.5, 0.6) is 0 Å². The lowest BCUT2D eigenvalue weighted by Crippen LogP contribution is -2.38. The second-order valence-corrected chi connectivity index (χ2v) is 7.43. The van der Waals surface area contributed by atoms with Crippen molar-refractivity contribution >= 4 is 15.8 Å². The van der Waals surface area contributed by atoms with Crippen LogP contribution in [0.1, 0.15) is 46.0 Å². The number of rotatable bonds is 6. The smallest absolute Gasteiger partial charge is 0.242 e. The second kappa shape index (κ2) is 7.22. The molecular weight excluding hydrogens is 286 g/mol. The van der Waals surface area contributed by atoms with Crippen LogP contribution in [0.25, 0.3) is 0 Å². The van der Waals surface area contributed by atoms with Crippen molar-refractivity contribution in [2.45, 2.75) is 56.9 Å². The molecule has 2 N–H and O–H groups in total. The summed E-state index contributed by atoms with van der Waals surface area (Å²) < 4.78 is 27.6. The Morgan fingerprint density at radius 2 is 2.00 bits per heavy atom. The lowest BCUT2D eigenvalue weighted by molar-refractivity contribution is 0.303. The third kappa shape index (κ3) is 4.41. The van der Waals surface area contributed by atoms with Crippen LogP contribution in [-0.4, -0.2) is 26.0 Å². The number of hydrogen-bond donors (Lipinski definition) is 2. The number of sulfonamides is 1. The first-order chi connectivity index (χ1) is 10.0. The molecule has 1 aromatic heterocycles. The van der Waals surface area contributed by atoms with Gasteiger partial charge < -0.3 is 5.32 Å². The summed E-state index contributed by atoms with van der Waals surface area (Å²) in [5.41, 5.74) is 0. The van der Waals surface area contributed by atoms with E-state index in [1.165, 1.54) is 25.5 Å². The summed E-state index contributed by atoms with van der Waals surface area (Å²) in [5, 5.41) is 3.05. The van der Waals surface area contributed by atoms with E-state index in [1.807, 2.05) is 13.8 Å². The van der Waals surface area contributed by atoms with E-state index in [1.54, 1.807) is 12.1 Å². The van der Waals surface area contributed by atoms with Gasteiger partial charge in [0, 0.05) is 18.8 Å². The van der Waals surface area contributed by atoms with Gasteiger partial charge in [0.05, 0.1) is 0 Å². The molecule has 21 heavy (non-hydrogen) atoms. The Morgan fingerprint density at radius 1 is 1.29 bits per heavy atom. The molecule has 1 fully saturated rings. The average molecular weight is 311 g/mol. The maximum absolute atomic E-state index is 12.4. The van der Waals surface area contributed by atoms with Crippen molar-refractivity contribution in [3.05, 3.63) is 18.3 Å². The zero-order valence-electron chi connectivity index (χ0n) is 12.8. The van der Waals surface area contributed by atoms with Gasteiger partial charge in [-0.1, -0.05) is 19.3 Å². The molecule has 1 aromatic rings. The topological polar surface area (TPSA) is 71.1 Å². The van der Waals surface area contributed by atoms with E-state index in [-0.39, 0.29) is 10.9 Å². The molecule has 0 radical (unpaired) electrons. The first-order valence-corrected chi connectivity index (χ1v) is 9.23. The highest BCUT2D eigenvalue weighted by Crippen LogP contribution is 2.27. The predicted molar refractivity (Wildman–Crippen MR) is 84.8 cm³/mol. The van der Waals surface area contributed by atoms with Crippen LogP contribution in [0.2, 0.25) is 0 Å². The van der Waals surface area contributed by atoms with Crippen molar-refractivity contribution in [1.82, 2.24) is 9.71 Å². The SMILES string of the molecule is CCNc1ccc(S(=O)(=O)NC(C)C2CCCCC2)cn1. The van der Waals surface area contributed by atoms with Gasteiger partial charge in [-0.3, -0.25) is 0 Å². The molecule has 6 heteroatoms. The second-order valence-electron chi connectivity index (χ2n) is 5.72. The molecule has 0 aliphatic heterocycles. The number of nitrogens with one attached hydrogen (secondary N) is 2. The molecule has 1 aliphatic rings. The lowest BCUT2D eigenvalue weighted by Gasteiger charge is -2.28. The van der Waals surface area contributed by atoms with Gasteiger partial charge >= 0.3 is 0 Å². The monoisotopic (exact) mass is 311 g/mol. The first-order valence-electron chi connectivity index (χ1n) is 7.75. The molecule has 0 saturated heterocycles. The highest BCUT2D eigenvalue weighted by Gasteiger charge is 2.25. The van der Waals surface area contributed by atoms with E-state index >= 15 is 0 Å². The van der Waals surface area contributed by atoms with Crippen molar-refractivity contribution in [3.63, 3.8) is 0 Å². The Balaban J connectivity index is 2.03. The summed E-state index contributed by atoms with van der Waals surface area (Å²) in [6.45, 7) is 4.70. The Kier molecular flexibility index (Phi) is 5.58. The quantitative estimate of drug-likeness (QED) is 0.847. The summed E-state index contributed by atoms with van der Waals surface area (Å²) >= 11 is 0. The number of aromatic nitrogens is 1. The Bertz CT molecular complexity index is 537. The van der Waals surface area contributed by atoms with Crippen molar-refractivity contribution in [3.8, 4) is 0 Å². The minimum absolute atomic E-state index is 0.0243. The minimum atomic E-state index is -3.48. The van der Waals surface area contributed by atoms with E-state index in [0.29, 0.717) is 11.7 Å². The lowest BCUT2D eigenvalue weighted by atomic mass is 9.85. The fraction of sp³-hybridized carbons (Fsp3) is 0.667. The number of anilines is 1. The summed E-state index contributed by atoms with van der Waals surface area (Å²) in [6.07, 6.45) is 7.31. The molecule has 0 spiro atoms. The summed E-state index contributed by atoms with van der Waals surface area (Å²) in [5.74, 6) is 1.14. The molecular formula is C15H25N3O2S. The van der Waals surface area contributed by atoms with Crippen molar-refractivity contribution in [2.24, 2.45) is 5.92 Å². The van der Waals surface area contributed by atoms with Gasteiger partial charge in [0.15, 0.2) is 0 Å². The molecule has 1 saturated carbocycles. The molecule has 1 aliphatic carbocycles. The summed E-state index contributed by atoms with van der Waals surface area (Å²) in [4.78, 5) is 4.35. The van der Waals surface area contributed by atoms with Gasteiger partial charge in [0.1, 0.15) is 10.7 Å². The van der Waals surface area contributed by atoms with E-state index < -0.39 is 10.0 Å². The Morgan fingerprint density at radius 3 is 2.57 bits per heavy atom. The maximum atomic E-state index is 12.4. The van der Waals surface area contributed by atoms with Crippen LogP contribution in [0.15, 0.2) is 23.2 Å². The Hall–Kier alpha value is -1.14. The van der Waals surface area contributed by atoms with Crippen LogP contribution in [0.3, 0.4) is 0 Å². The van der Waals surface area contributed by atoms with Crippen LogP contribution >= 0.6 is 0 Å². The normalized spacial score (nSPS) is 18.4. The largest absolute Gasteiger partial charge is 0.370 e. The Labute approximate surface area is 127 Å². The molecule has 2 rings (SSSR count). The number of pyridine rings is 1. The van der Waals surface area contributed by atoms with Gasteiger partial charge in [-0.2, -0.15) is 0 Å². The maximum Gasteiger partial charge on any atom is 0.242 e. The third-order valence-electron chi connectivity index (χ3n) is 4.10. The van der Waals surface area contributed by atoms with E-state index in [0.717, 1.165) is 19.4 Å². The highest BCUT2D eigenvalue weighted by atomic mass is 32.2. The van der Waals surface area contributed by atoms with Crippen LogP contribution < -0.4 is 10.0 Å². The fourth-order valence-electron chi connectivity index (χ4n) is 2.87. The van der Waals surface area contributed by atoms with Gasteiger partial charge in [0.2, 0.25) is 10.0 Å². The van der Waals surface area contributed by atoms with Gasteiger partial charge in [-0.15, -0.1) is 0 Å². The van der Waals surface area contributed by atoms with E-state index in [2.05, 4.69) is 15.0 Å². The van der Waals surface area contributed by atoms with Crippen LogP contribution in [0.4, 0.5) is 5.82 Å². The van der Waals surface area contributed by atoms with Gasteiger partial charge in [-0.25, -0.2) is 18.1 Å². The van der Waals surface area contributed by atoms with Gasteiger partial charge in [-0.05, 0) is 44.7 Å². The van der Waals surface area contributed by atoms with E-state index in [4.69, 9.17) is 0 Å². The molecule has 1 unspecified atom stereocenters. The summed E-state index contributed by atoms with van der Waals surface area (Å²) in [6, 6.07) is 3.27. The molecule has 118 valence electrons. The standard InChI is InChI=1S/C15H25N3O2S/c1-3-16-15-10-9-14(11-17-15)21(19,20)18-12(2)13-7-5-4-6-8-13/h9-13,18H,3-8H2,1-2H3,(H,16,17). The van der Waals surface area contributed by atoms with Gasteiger partial charge in [0.25, 0.3) is 0 Å². The van der Waals surface area contributed by atoms with E-state index in [9.17, 15) is 8.42 Å². The van der Waals surface area contributed by atoms with Crippen LogP contribution in [0, 0.1) is 5.92 Å². The molecule has 0 bridgehead atoms. The van der Waals surface area contributed by atoms with Crippen molar-refractivity contribution < 1.29 is 8.42 Å². The summed E-state index contributed by atoms with van der Waals surface area (Å²) in [7, 11) is -3.48. The molecule has 1 heterocycles. The number of hydrogen-bond acceptors (Lipinski definition) is 4. The average Bonchev–Trinajstić information content (AvgIpc) is 2.48. The fourth-order valence-corrected chi connectivity index (χ4v) is 4.12. The zero-order valence-corrected chi connectivity index (χ0v) is 13.6. The highest BCUT2D eigenvalue weighted by molar-refractivity contribution is 7.89.